The molecule has 2 aromatic heterocycles. The lowest BCUT2D eigenvalue weighted by molar-refractivity contribution is 0.0599. The van der Waals surface area contributed by atoms with Crippen molar-refractivity contribution < 1.29 is 14.3 Å². The molecule has 146 valence electrons. The molecule has 0 atom stereocenters. The molecule has 1 amide bonds. The molecule has 1 aromatic carbocycles. The number of methoxy groups -OCH3 is 1. The summed E-state index contributed by atoms with van der Waals surface area (Å²) in [5.41, 5.74) is 4.78. The lowest BCUT2D eigenvalue weighted by atomic mass is 10.0. The van der Waals surface area contributed by atoms with E-state index >= 15 is 0 Å². The van der Waals surface area contributed by atoms with Crippen molar-refractivity contribution in [2.75, 3.05) is 12.4 Å². The van der Waals surface area contributed by atoms with Crippen LogP contribution in [-0.4, -0.2) is 29.0 Å². The van der Waals surface area contributed by atoms with Gasteiger partial charge in [0.15, 0.2) is 0 Å². The van der Waals surface area contributed by atoms with Gasteiger partial charge in [0, 0.05) is 22.3 Å². The van der Waals surface area contributed by atoms with Gasteiger partial charge in [-0.25, -0.2) is 9.78 Å². The van der Waals surface area contributed by atoms with Crippen LogP contribution < -0.4 is 5.32 Å². The minimum Gasteiger partial charge on any atom is -0.465 e. The normalized spacial score (nSPS) is 10.7. The Balaban J connectivity index is 1.84. The Morgan fingerprint density at radius 1 is 1.21 bits per heavy atom. The third-order valence-corrected chi connectivity index (χ3v) is 5.24. The number of rotatable bonds is 6. The molecule has 0 saturated heterocycles. The molecule has 7 heteroatoms. The SMILES string of the molecule is CCCc1c(C(=O)Nc2ccc(-c3csc(C)n3)cc2)[nH]c(C)c1C(=O)OC. The summed E-state index contributed by atoms with van der Waals surface area (Å²) >= 11 is 1.60. The lowest BCUT2D eigenvalue weighted by Gasteiger charge is -2.08. The maximum absolute atomic E-state index is 12.8. The number of amides is 1. The summed E-state index contributed by atoms with van der Waals surface area (Å²) in [6.45, 7) is 5.74. The van der Waals surface area contributed by atoms with Gasteiger partial charge in [-0.2, -0.15) is 0 Å². The quantitative estimate of drug-likeness (QED) is 0.588. The van der Waals surface area contributed by atoms with Gasteiger partial charge in [0.05, 0.1) is 23.4 Å². The first-order chi connectivity index (χ1) is 13.4. The Morgan fingerprint density at radius 2 is 1.93 bits per heavy atom. The van der Waals surface area contributed by atoms with Gasteiger partial charge in [-0.05, 0) is 38.0 Å². The van der Waals surface area contributed by atoms with Crippen molar-refractivity contribution in [3.05, 3.63) is 57.2 Å². The van der Waals surface area contributed by atoms with Crippen LogP contribution in [0.15, 0.2) is 29.6 Å². The van der Waals surface area contributed by atoms with Crippen LogP contribution >= 0.6 is 11.3 Å². The van der Waals surface area contributed by atoms with E-state index in [0.717, 1.165) is 22.7 Å². The largest absolute Gasteiger partial charge is 0.465 e. The third-order valence-electron chi connectivity index (χ3n) is 4.47. The zero-order chi connectivity index (χ0) is 20.3. The Labute approximate surface area is 168 Å². The summed E-state index contributed by atoms with van der Waals surface area (Å²) in [7, 11) is 1.34. The molecule has 0 unspecified atom stereocenters. The third kappa shape index (κ3) is 3.99. The number of nitrogens with zero attached hydrogens (tertiary/aromatic N) is 1. The van der Waals surface area contributed by atoms with E-state index in [9.17, 15) is 9.59 Å². The highest BCUT2D eigenvalue weighted by Crippen LogP contribution is 2.25. The topological polar surface area (TPSA) is 84.1 Å². The fourth-order valence-electron chi connectivity index (χ4n) is 3.16. The number of nitrogens with one attached hydrogen (secondary N) is 2. The maximum atomic E-state index is 12.8. The maximum Gasteiger partial charge on any atom is 0.339 e. The van der Waals surface area contributed by atoms with Crippen molar-refractivity contribution in [1.82, 2.24) is 9.97 Å². The molecule has 3 aromatic rings. The summed E-state index contributed by atoms with van der Waals surface area (Å²) in [4.78, 5) is 32.5. The van der Waals surface area contributed by atoms with Crippen LogP contribution in [0.3, 0.4) is 0 Å². The monoisotopic (exact) mass is 397 g/mol. The van der Waals surface area contributed by atoms with Crippen LogP contribution in [0.1, 0.15) is 50.5 Å². The fraction of sp³-hybridized carbons (Fsp3) is 0.286. The summed E-state index contributed by atoms with van der Waals surface area (Å²) < 4.78 is 4.88. The number of aromatic nitrogens is 2. The van der Waals surface area contributed by atoms with Crippen molar-refractivity contribution in [1.29, 1.82) is 0 Å². The molecule has 2 N–H and O–H groups in total. The van der Waals surface area contributed by atoms with Crippen LogP contribution in [0, 0.1) is 13.8 Å². The second kappa shape index (κ2) is 8.39. The number of anilines is 1. The van der Waals surface area contributed by atoms with Crippen LogP contribution in [0.2, 0.25) is 0 Å². The average Bonchev–Trinajstić information content (AvgIpc) is 3.25. The minimum absolute atomic E-state index is 0.279. The van der Waals surface area contributed by atoms with Gasteiger partial charge >= 0.3 is 5.97 Å². The smallest absolute Gasteiger partial charge is 0.339 e. The highest BCUT2D eigenvalue weighted by Gasteiger charge is 2.24. The van der Waals surface area contributed by atoms with Crippen molar-refractivity contribution in [3.63, 3.8) is 0 Å². The van der Waals surface area contributed by atoms with Crippen LogP contribution in [0.5, 0.6) is 0 Å². The number of thiazole rings is 1. The van der Waals surface area contributed by atoms with E-state index in [1.165, 1.54) is 7.11 Å². The molecule has 6 nitrogen and oxygen atoms in total. The number of aryl methyl sites for hydroxylation is 2. The number of carbonyl (C=O) groups is 2. The standard InChI is InChI=1S/C21H23N3O3S/c1-5-6-16-18(21(26)27-4)12(2)22-19(16)20(25)24-15-9-7-14(8-10-15)17-11-28-13(3)23-17/h7-11,22H,5-6H2,1-4H3,(H,24,25). The molecule has 0 fully saturated rings. The van der Waals surface area contributed by atoms with Crippen LogP contribution in [0.4, 0.5) is 5.69 Å². The molecule has 3 rings (SSSR count). The molecular weight excluding hydrogens is 374 g/mol. The summed E-state index contributed by atoms with van der Waals surface area (Å²) in [5.74, 6) is -0.710. The molecule has 0 spiro atoms. The second-order valence-electron chi connectivity index (χ2n) is 6.50. The van der Waals surface area contributed by atoms with Crippen LogP contribution in [-0.2, 0) is 11.2 Å². The number of benzene rings is 1. The van der Waals surface area contributed by atoms with Gasteiger partial charge in [0.1, 0.15) is 5.69 Å². The molecule has 0 aliphatic carbocycles. The van der Waals surface area contributed by atoms with Gasteiger partial charge in [-0.3, -0.25) is 4.79 Å². The van der Waals surface area contributed by atoms with Crippen molar-refractivity contribution in [2.45, 2.75) is 33.6 Å². The molecule has 0 aliphatic heterocycles. The number of H-pyrrole nitrogens is 1. The first-order valence-corrected chi connectivity index (χ1v) is 9.96. The summed E-state index contributed by atoms with van der Waals surface area (Å²) in [5, 5.41) is 5.92. The van der Waals surface area contributed by atoms with Crippen molar-refractivity contribution in [2.24, 2.45) is 0 Å². The minimum atomic E-state index is -0.431. The van der Waals surface area contributed by atoms with Gasteiger partial charge in [0.2, 0.25) is 0 Å². The Kier molecular flexibility index (Phi) is 5.94. The van der Waals surface area contributed by atoms with Crippen molar-refractivity contribution >= 4 is 28.9 Å². The number of hydrogen-bond acceptors (Lipinski definition) is 5. The molecule has 28 heavy (non-hydrogen) atoms. The zero-order valence-corrected chi connectivity index (χ0v) is 17.2. The number of esters is 1. The Bertz CT molecular complexity index is 1000. The first kappa shape index (κ1) is 19.8. The first-order valence-electron chi connectivity index (χ1n) is 9.08. The van der Waals surface area contributed by atoms with Gasteiger partial charge in [-0.15, -0.1) is 11.3 Å². The predicted molar refractivity (Wildman–Crippen MR) is 111 cm³/mol. The van der Waals surface area contributed by atoms with E-state index < -0.39 is 5.97 Å². The van der Waals surface area contributed by atoms with Gasteiger partial charge in [-0.1, -0.05) is 25.5 Å². The Morgan fingerprint density at radius 3 is 2.50 bits per heavy atom. The predicted octanol–water partition coefficient (Wildman–Crippen LogP) is 4.75. The molecule has 0 bridgehead atoms. The number of hydrogen-bond donors (Lipinski definition) is 2. The van der Waals surface area contributed by atoms with E-state index in [1.807, 2.05) is 43.5 Å². The Hall–Kier alpha value is -2.93. The van der Waals surface area contributed by atoms with E-state index in [4.69, 9.17) is 4.74 Å². The average molecular weight is 398 g/mol. The van der Waals surface area contributed by atoms with E-state index in [0.29, 0.717) is 34.6 Å². The van der Waals surface area contributed by atoms with Gasteiger partial charge < -0.3 is 15.0 Å². The molecule has 0 saturated carbocycles. The molecule has 2 heterocycles. The number of carbonyl (C=O) groups excluding carboxylic acids is 2. The fourth-order valence-corrected chi connectivity index (χ4v) is 3.78. The highest BCUT2D eigenvalue weighted by atomic mass is 32.1. The van der Waals surface area contributed by atoms with Gasteiger partial charge in [0.25, 0.3) is 5.91 Å². The van der Waals surface area contributed by atoms with E-state index in [-0.39, 0.29) is 5.91 Å². The molecular formula is C21H23N3O3S. The van der Waals surface area contributed by atoms with Crippen LogP contribution in [0.25, 0.3) is 11.3 Å². The van der Waals surface area contributed by atoms with E-state index in [2.05, 4.69) is 15.3 Å². The second-order valence-corrected chi connectivity index (χ2v) is 7.57. The lowest BCUT2D eigenvalue weighted by Crippen LogP contribution is -2.15. The molecule has 0 aliphatic rings. The summed E-state index contributed by atoms with van der Waals surface area (Å²) in [6, 6.07) is 7.55. The van der Waals surface area contributed by atoms with Crippen molar-refractivity contribution in [3.8, 4) is 11.3 Å². The van der Waals surface area contributed by atoms with E-state index in [1.54, 1.807) is 18.3 Å². The summed E-state index contributed by atoms with van der Waals surface area (Å²) in [6.07, 6.45) is 1.42. The highest BCUT2D eigenvalue weighted by molar-refractivity contribution is 7.09. The number of aromatic amines is 1. The molecule has 0 radical (unpaired) electrons. The number of ether oxygens (including phenoxy) is 1. The zero-order valence-electron chi connectivity index (χ0n) is 16.4.